The van der Waals surface area contributed by atoms with Gasteiger partial charge in [0.25, 0.3) is 0 Å². The Balaban J connectivity index is 1.86. The minimum Gasteiger partial charge on any atom is -0.481 e. The van der Waals surface area contributed by atoms with Crippen molar-refractivity contribution in [3.8, 4) is 0 Å². The third-order valence-corrected chi connectivity index (χ3v) is 3.52. The van der Waals surface area contributed by atoms with Gasteiger partial charge in [0.15, 0.2) is 5.16 Å². The van der Waals surface area contributed by atoms with Crippen LogP contribution in [0.1, 0.15) is 44.9 Å². The quantitative estimate of drug-likeness (QED) is 0.400. The Morgan fingerprint density at radius 2 is 1.67 bits per heavy atom. The van der Waals surface area contributed by atoms with Gasteiger partial charge in [-0.25, -0.2) is 9.97 Å². The molecule has 1 aromatic heterocycles. The Kier molecular flexibility index (Phi) is 8.21. The van der Waals surface area contributed by atoms with Gasteiger partial charge >= 0.3 is 5.97 Å². The van der Waals surface area contributed by atoms with Gasteiger partial charge in [-0.15, -0.1) is 0 Å². The molecular formula is C13H20N2O2S. The number of hydrogen-bond acceptors (Lipinski definition) is 4. The van der Waals surface area contributed by atoms with Crippen LogP contribution in [-0.2, 0) is 4.79 Å². The predicted octanol–water partition coefficient (Wildman–Crippen LogP) is 3.38. The Bertz CT molecular complexity index is 333. The molecule has 0 aromatic carbocycles. The summed E-state index contributed by atoms with van der Waals surface area (Å²) in [6, 6.07) is 1.82. The molecule has 5 heteroatoms. The van der Waals surface area contributed by atoms with Gasteiger partial charge in [-0.2, -0.15) is 0 Å². The fourth-order valence-electron chi connectivity index (χ4n) is 1.61. The summed E-state index contributed by atoms with van der Waals surface area (Å²) in [5.41, 5.74) is 0. The number of carboxylic acids is 1. The van der Waals surface area contributed by atoms with E-state index >= 15 is 0 Å². The first-order chi connectivity index (χ1) is 8.79. The SMILES string of the molecule is O=C(O)CCCCCCCCSc1ncccn1. The highest BCUT2D eigenvalue weighted by atomic mass is 32.2. The molecule has 4 nitrogen and oxygen atoms in total. The maximum Gasteiger partial charge on any atom is 0.303 e. The summed E-state index contributed by atoms with van der Waals surface area (Å²) in [6.07, 6.45) is 10.4. The summed E-state index contributed by atoms with van der Waals surface area (Å²) < 4.78 is 0. The van der Waals surface area contributed by atoms with E-state index in [1.807, 2.05) is 6.07 Å². The molecule has 1 aromatic rings. The zero-order chi connectivity index (χ0) is 13.1. The first kappa shape index (κ1) is 15.0. The Morgan fingerprint density at radius 1 is 1.06 bits per heavy atom. The number of nitrogens with zero attached hydrogens (tertiary/aromatic N) is 2. The Hall–Kier alpha value is -1.10. The van der Waals surface area contributed by atoms with Crippen LogP contribution < -0.4 is 0 Å². The van der Waals surface area contributed by atoms with Crippen molar-refractivity contribution in [1.82, 2.24) is 9.97 Å². The fourth-order valence-corrected chi connectivity index (χ4v) is 2.41. The maximum atomic E-state index is 10.3. The van der Waals surface area contributed by atoms with Crippen LogP contribution in [0.25, 0.3) is 0 Å². The average molecular weight is 268 g/mol. The third-order valence-electron chi connectivity index (χ3n) is 2.56. The summed E-state index contributed by atoms with van der Waals surface area (Å²) in [5.74, 6) is 0.369. The third kappa shape index (κ3) is 8.06. The molecular weight excluding hydrogens is 248 g/mol. The summed E-state index contributed by atoms with van der Waals surface area (Å²) in [6.45, 7) is 0. The van der Waals surface area contributed by atoms with E-state index in [-0.39, 0.29) is 0 Å². The lowest BCUT2D eigenvalue weighted by atomic mass is 10.1. The number of hydrogen-bond donors (Lipinski definition) is 1. The first-order valence-electron chi connectivity index (χ1n) is 6.40. The van der Waals surface area contributed by atoms with Gasteiger partial charge in [-0.1, -0.05) is 37.4 Å². The molecule has 100 valence electrons. The average Bonchev–Trinajstić information content (AvgIpc) is 2.37. The van der Waals surface area contributed by atoms with E-state index in [4.69, 9.17) is 5.11 Å². The van der Waals surface area contributed by atoms with E-state index in [0.717, 1.165) is 30.2 Å². The molecule has 0 amide bonds. The first-order valence-corrected chi connectivity index (χ1v) is 7.39. The molecule has 0 aliphatic rings. The monoisotopic (exact) mass is 268 g/mol. The van der Waals surface area contributed by atoms with Gasteiger partial charge in [0, 0.05) is 24.6 Å². The molecule has 0 aliphatic heterocycles. The van der Waals surface area contributed by atoms with Crippen molar-refractivity contribution in [2.75, 3.05) is 5.75 Å². The molecule has 0 spiro atoms. The van der Waals surface area contributed by atoms with Gasteiger partial charge < -0.3 is 5.11 Å². The van der Waals surface area contributed by atoms with Gasteiger partial charge in [-0.3, -0.25) is 4.79 Å². The molecule has 18 heavy (non-hydrogen) atoms. The molecule has 0 saturated carbocycles. The second-order valence-corrected chi connectivity index (χ2v) is 5.21. The summed E-state index contributed by atoms with van der Waals surface area (Å²) in [7, 11) is 0. The number of carboxylic acid groups (broad SMARTS) is 1. The number of rotatable bonds is 10. The molecule has 0 radical (unpaired) electrons. The van der Waals surface area contributed by atoms with E-state index in [9.17, 15) is 4.79 Å². The van der Waals surface area contributed by atoms with Crippen LogP contribution in [0.4, 0.5) is 0 Å². The van der Waals surface area contributed by atoms with Gasteiger partial charge in [-0.05, 0) is 18.9 Å². The predicted molar refractivity (Wildman–Crippen MR) is 72.7 cm³/mol. The van der Waals surface area contributed by atoms with E-state index < -0.39 is 5.97 Å². The number of thioether (sulfide) groups is 1. The number of unbranched alkanes of at least 4 members (excludes halogenated alkanes) is 5. The number of aliphatic carboxylic acids is 1. The lowest BCUT2D eigenvalue weighted by Gasteiger charge is -2.01. The molecule has 0 atom stereocenters. The summed E-state index contributed by atoms with van der Waals surface area (Å²) in [5, 5.41) is 9.33. The normalized spacial score (nSPS) is 10.4. The van der Waals surface area contributed by atoms with E-state index in [1.54, 1.807) is 24.2 Å². The summed E-state index contributed by atoms with van der Waals surface area (Å²) >= 11 is 1.69. The molecule has 0 bridgehead atoms. The lowest BCUT2D eigenvalue weighted by Crippen LogP contribution is -1.93. The van der Waals surface area contributed by atoms with Gasteiger partial charge in [0.1, 0.15) is 0 Å². The second kappa shape index (κ2) is 9.88. The van der Waals surface area contributed by atoms with Crippen molar-refractivity contribution in [3.63, 3.8) is 0 Å². The molecule has 1 rings (SSSR count). The van der Waals surface area contributed by atoms with Crippen LogP contribution in [0.2, 0.25) is 0 Å². The topological polar surface area (TPSA) is 63.1 Å². The number of aromatic nitrogens is 2. The van der Waals surface area contributed by atoms with Crippen molar-refractivity contribution in [2.45, 2.75) is 50.1 Å². The van der Waals surface area contributed by atoms with E-state index in [2.05, 4.69) is 9.97 Å². The van der Waals surface area contributed by atoms with E-state index in [1.165, 1.54) is 19.3 Å². The van der Waals surface area contributed by atoms with Crippen molar-refractivity contribution < 1.29 is 9.90 Å². The fraction of sp³-hybridized carbons (Fsp3) is 0.615. The summed E-state index contributed by atoms with van der Waals surface area (Å²) in [4.78, 5) is 18.6. The Labute approximate surface area is 112 Å². The van der Waals surface area contributed by atoms with Gasteiger partial charge in [0.2, 0.25) is 0 Å². The van der Waals surface area contributed by atoms with E-state index in [0.29, 0.717) is 6.42 Å². The minimum atomic E-state index is -0.686. The molecule has 0 unspecified atom stereocenters. The van der Waals surface area contributed by atoms with Crippen LogP contribution in [0.15, 0.2) is 23.6 Å². The van der Waals surface area contributed by atoms with Crippen LogP contribution >= 0.6 is 11.8 Å². The van der Waals surface area contributed by atoms with Crippen LogP contribution in [0, 0.1) is 0 Å². The zero-order valence-electron chi connectivity index (χ0n) is 10.5. The van der Waals surface area contributed by atoms with Crippen molar-refractivity contribution in [2.24, 2.45) is 0 Å². The largest absolute Gasteiger partial charge is 0.481 e. The molecule has 0 fully saturated rings. The molecule has 1 heterocycles. The highest BCUT2D eigenvalue weighted by Gasteiger charge is 1.98. The minimum absolute atomic E-state index is 0.307. The van der Waals surface area contributed by atoms with Crippen molar-refractivity contribution in [1.29, 1.82) is 0 Å². The van der Waals surface area contributed by atoms with Gasteiger partial charge in [0.05, 0.1) is 0 Å². The highest BCUT2D eigenvalue weighted by molar-refractivity contribution is 7.99. The van der Waals surface area contributed by atoms with Crippen molar-refractivity contribution >= 4 is 17.7 Å². The lowest BCUT2D eigenvalue weighted by molar-refractivity contribution is -0.137. The Morgan fingerprint density at radius 3 is 2.33 bits per heavy atom. The number of carbonyl (C=O) groups is 1. The van der Waals surface area contributed by atoms with Crippen LogP contribution in [-0.4, -0.2) is 26.8 Å². The standard InChI is InChI=1S/C13H20N2O2S/c16-12(17)8-5-3-1-2-4-6-11-18-13-14-9-7-10-15-13/h7,9-10H,1-6,8,11H2,(H,16,17). The van der Waals surface area contributed by atoms with Crippen LogP contribution in [0.5, 0.6) is 0 Å². The smallest absolute Gasteiger partial charge is 0.303 e. The second-order valence-electron chi connectivity index (χ2n) is 4.14. The van der Waals surface area contributed by atoms with Crippen molar-refractivity contribution in [3.05, 3.63) is 18.5 Å². The maximum absolute atomic E-state index is 10.3. The molecule has 0 aliphatic carbocycles. The van der Waals surface area contributed by atoms with Crippen LogP contribution in [0.3, 0.4) is 0 Å². The zero-order valence-corrected chi connectivity index (χ0v) is 11.4. The molecule has 0 saturated heterocycles. The highest BCUT2D eigenvalue weighted by Crippen LogP contribution is 2.15. The molecule has 1 N–H and O–H groups in total.